The van der Waals surface area contributed by atoms with E-state index in [2.05, 4.69) is 4.72 Å². The maximum Gasteiger partial charge on any atom is 0.261 e. The molecule has 1 atom stereocenters. The zero-order valence-corrected chi connectivity index (χ0v) is 17.0. The highest BCUT2D eigenvalue weighted by Gasteiger charge is 2.26. The topological polar surface area (TPSA) is 92.5 Å². The number of nitrogens with one attached hydrogen (secondary N) is 1. The van der Waals surface area contributed by atoms with Crippen LogP contribution < -0.4 is 10.5 Å². The Balaban J connectivity index is 0.00000280. The van der Waals surface area contributed by atoms with Crippen LogP contribution in [-0.2, 0) is 10.0 Å². The molecule has 0 spiro atoms. The number of rotatable bonds is 5. The van der Waals surface area contributed by atoms with Crippen LogP contribution in [0, 0.1) is 18.7 Å². The molecule has 1 fully saturated rings. The number of carbonyl (C=O) groups excluding carboxylic acids is 1. The lowest BCUT2D eigenvalue weighted by atomic mass is 10.1. The molecule has 1 unspecified atom stereocenters. The smallest absolute Gasteiger partial charge is 0.261 e. The molecule has 1 aliphatic heterocycles. The van der Waals surface area contributed by atoms with Crippen molar-refractivity contribution in [3.05, 3.63) is 59.4 Å². The zero-order chi connectivity index (χ0) is 19.6. The first-order chi connectivity index (χ1) is 12.8. The highest BCUT2D eigenvalue weighted by molar-refractivity contribution is 7.92. The lowest BCUT2D eigenvalue weighted by Gasteiger charge is -2.16. The van der Waals surface area contributed by atoms with Crippen molar-refractivity contribution >= 4 is 34.0 Å². The summed E-state index contributed by atoms with van der Waals surface area (Å²) in [6, 6.07) is 9.87. The van der Waals surface area contributed by atoms with E-state index >= 15 is 0 Å². The van der Waals surface area contributed by atoms with Gasteiger partial charge in [0.2, 0.25) is 0 Å². The number of nitrogens with zero attached hydrogens (tertiary/aromatic N) is 1. The first-order valence-corrected chi connectivity index (χ1v) is 10.2. The normalized spacial score (nSPS) is 16.5. The quantitative estimate of drug-likeness (QED) is 0.767. The molecule has 0 radical (unpaired) electrons. The van der Waals surface area contributed by atoms with Crippen LogP contribution in [0.1, 0.15) is 22.3 Å². The lowest BCUT2D eigenvalue weighted by molar-refractivity contribution is 0.0787. The second-order valence-corrected chi connectivity index (χ2v) is 8.42. The Morgan fingerprint density at radius 1 is 1.25 bits per heavy atom. The third-order valence-electron chi connectivity index (χ3n) is 4.73. The number of sulfonamides is 1. The summed E-state index contributed by atoms with van der Waals surface area (Å²) >= 11 is 0. The second kappa shape index (κ2) is 8.89. The van der Waals surface area contributed by atoms with E-state index in [1.807, 2.05) is 0 Å². The third-order valence-corrected chi connectivity index (χ3v) is 6.11. The fourth-order valence-electron chi connectivity index (χ4n) is 3.07. The molecule has 28 heavy (non-hydrogen) atoms. The molecular weight excluding hydrogens is 405 g/mol. The van der Waals surface area contributed by atoms with E-state index in [1.54, 1.807) is 17.0 Å². The Labute approximate surface area is 170 Å². The fraction of sp³-hybridized carbons (Fsp3) is 0.316. The number of hydrogen-bond donors (Lipinski definition) is 2. The molecular formula is C19H23ClFN3O3S. The van der Waals surface area contributed by atoms with Crippen molar-refractivity contribution in [2.24, 2.45) is 11.7 Å². The highest BCUT2D eigenvalue weighted by Crippen LogP contribution is 2.21. The Bertz CT molecular complexity index is 951. The molecule has 0 aromatic heterocycles. The van der Waals surface area contributed by atoms with Gasteiger partial charge in [-0.15, -0.1) is 12.4 Å². The molecule has 2 aromatic carbocycles. The van der Waals surface area contributed by atoms with Gasteiger partial charge in [-0.2, -0.15) is 0 Å². The van der Waals surface area contributed by atoms with Crippen molar-refractivity contribution in [1.82, 2.24) is 4.90 Å². The van der Waals surface area contributed by atoms with Gasteiger partial charge < -0.3 is 10.6 Å². The molecule has 3 N–H and O–H groups in total. The molecule has 2 aromatic rings. The van der Waals surface area contributed by atoms with Crippen molar-refractivity contribution in [2.75, 3.05) is 24.4 Å². The molecule has 3 rings (SSSR count). The van der Waals surface area contributed by atoms with Gasteiger partial charge in [0.25, 0.3) is 15.9 Å². The number of anilines is 1. The minimum atomic E-state index is -3.84. The molecule has 9 heteroatoms. The number of nitrogens with two attached hydrogens (primary N) is 1. The van der Waals surface area contributed by atoms with Gasteiger partial charge in [0.15, 0.2) is 0 Å². The van der Waals surface area contributed by atoms with Gasteiger partial charge in [-0.25, -0.2) is 12.8 Å². The van der Waals surface area contributed by atoms with Crippen LogP contribution in [0.25, 0.3) is 0 Å². The monoisotopic (exact) mass is 427 g/mol. The minimum Gasteiger partial charge on any atom is -0.338 e. The van der Waals surface area contributed by atoms with Crippen LogP contribution in [0.15, 0.2) is 47.4 Å². The average molecular weight is 428 g/mol. The Kier molecular flexibility index (Phi) is 7.03. The van der Waals surface area contributed by atoms with Gasteiger partial charge in [0.05, 0.1) is 4.90 Å². The van der Waals surface area contributed by atoms with E-state index in [9.17, 15) is 17.6 Å². The summed E-state index contributed by atoms with van der Waals surface area (Å²) in [4.78, 5) is 14.2. The first-order valence-electron chi connectivity index (χ1n) is 8.68. The van der Waals surface area contributed by atoms with Gasteiger partial charge in [0, 0.05) is 24.3 Å². The van der Waals surface area contributed by atoms with Gasteiger partial charge in [0.1, 0.15) is 5.82 Å². The molecule has 0 saturated carbocycles. The molecule has 0 aliphatic carbocycles. The van der Waals surface area contributed by atoms with E-state index in [4.69, 9.17) is 5.73 Å². The Morgan fingerprint density at radius 3 is 2.50 bits per heavy atom. The summed E-state index contributed by atoms with van der Waals surface area (Å²) < 4.78 is 40.7. The van der Waals surface area contributed by atoms with Crippen LogP contribution in [-0.4, -0.2) is 38.9 Å². The van der Waals surface area contributed by atoms with Gasteiger partial charge >= 0.3 is 0 Å². The van der Waals surface area contributed by atoms with Crippen LogP contribution >= 0.6 is 12.4 Å². The van der Waals surface area contributed by atoms with E-state index in [-0.39, 0.29) is 28.8 Å². The summed E-state index contributed by atoms with van der Waals surface area (Å²) in [5, 5.41) is 0. The van der Waals surface area contributed by atoms with Crippen molar-refractivity contribution < 1.29 is 17.6 Å². The summed E-state index contributed by atoms with van der Waals surface area (Å²) in [5.41, 5.74) is 6.73. The molecule has 1 aliphatic rings. The summed E-state index contributed by atoms with van der Waals surface area (Å²) in [6.07, 6.45) is 0.900. The molecule has 6 nitrogen and oxygen atoms in total. The molecule has 1 heterocycles. The number of benzene rings is 2. The van der Waals surface area contributed by atoms with Gasteiger partial charge in [-0.05, 0) is 73.8 Å². The standard InChI is InChI=1S/C19H22FN3O3S.ClH/c1-13-10-17(6-7-18(13)20)27(25,26)22-16-4-2-15(3-5-16)19(24)23-9-8-14(11-21)12-23;/h2-7,10,14,22H,8-9,11-12,21H2,1H3;1H. The number of aryl methyl sites for hydroxylation is 1. The number of likely N-dealkylation sites (tertiary alicyclic amines) is 1. The van der Waals surface area contributed by atoms with Gasteiger partial charge in [-0.1, -0.05) is 0 Å². The molecule has 1 saturated heterocycles. The summed E-state index contributed by atoms with van der Waals surface area (Å²) in [6.45, 7) is 3.39. The number of amides is 1. The molecule has 1 amide bonds. The van der Waals surface area contributed by atoms with Crippen LogP contribution in [0.3, 0.4) is 0 Å². The average Bonchev–Trinajstić information content (AvgIpc) is 3.13. The molecule has 152 valence electrons. The van der Waals surface area contributed by atoms with Crippen LogP contribution in [0.2, 0.25) is 0 Å². The number of halogens is 2. The SMILES string of the molecule is Cc1cc(S(=O)(=O)Nc2ccc(C(=O)N3CCC(CN)C3)cc2)ccc1F.Cl. The van der Waals surface area contributed by atoms with Gasteiger partial charge in [-0.3, -0.25) is 9.52 Å². The molecule has 0 bridgehead atoms. The minimum absolute atomic E-state index is 0. The maximum absolute atomic E-state index is 13.4. The Morgan fingerprint density at radius 2 is 1.93 bits per heavy atom. The predicted molar refractivity (Wildman–Crippen MR) is 109 cm³/mol. The lowest BCUT2D eigenvalue weighted by Crippen LogP contribution is -2.29. The van der Waals surface area contributed by atoms with Crippen LogP contribution in [0.4, 0.5) is 10.1 Å². The van der Waals surface area contributed by atoms with Crippen molar-refractivity contribution in [3.63, 3.8) is 0 Å². The van der Waals surface area contributed by atoms with E-state index in [1.165, 1.54) is 31.2 Å². The van der Waals surface area contributed by atoms with Crippen molar-refractivity contribution in [1.29, 1.82) is 0 Å². The second-order valence-electron chi connectivity index (χ2n) is 6.74. The third kappa shape index (κ3) is 4.81. The van der Waals surface area contributed by atoms with Crippen molar-refractivity contribution in [2.45, 2.75) is 18.2 Å². The summed E-state index contributed by atoms with van der Waals surface area (Å²) in [5.74, 6) is -0.218. The number of carbonyl (C=O) groups is 1. The number of hydrogen-bond acceptors (Lipinski definition) is 4. The zero-order valence-electron chi connectivity index (χ0n) is 15.4. The maximum atomic E-state index is 13.4. The van der Waals surface area contributed by atoms with Crippen molar-refractivity contribution in [3.8, 4) is 0 Å². The highest BCUT2D eigenvalue weighted by atomic mass is 35.5. The van der Waals surface area contributed by atoms with E-state index in [0.717, 1.165) is 12.5 Å². The van der Waals surface area contributed by atoms with Crippen LogP contribution in [0.5, 0.6) is 0 Å². The first kappa shape index (κ1) is 22.1. The fourth-order valence-corrected chi connectivity index (χ4v) is 4.21. The Hall–Kier alpha value is -2.16. The predicted octanol–water partition coefficient (Wildman–Crippen LogP) is 2.78. The van der Waals surface area contributed by atoms with E-state index < -0.39 is 15.8 Å². The summed E-state index contributed by atoms with van der Waals surface area (Å²) in [7, 11) is -3.84. The van der Waals surface area contributed by atoms with E-state index in [0.29, 0.717) is 36.8 Å². The largest absolute Gasteiger partial charge is 0.338 e.